The summed E-state index contributed by atoms with van der Waals surface area (Å²) in [7, 11) is 0. The molecule has 7 heteroatoms. The monoisotopic (exact) mass is 477 g/mol. The van der Waals surface area contributed by atoms with Gasteiger partial charge in [0.2, 0.25) is 11.8 Å². The zero-order valence-electron chi connectivity index (χ0n) is 17.0. The van der Waals surface area contributed by atoms with Crippen molar-refractivity contribution >= 4 is 27.7 Å². The van der Waals surface area contributed by atoms with Gasteiger partial charge in [-0.3, -0.25) is 9.59 Å². The molecule has 0 heterocycles. The van der Waals surface area contributed by atoms with Gasteiger partial charge >= 0.3 is 0 Å². The normalized spacial score (nSPS) is 27.4. The van der Waals surface area contributed by atoms with E-state index < -0.39 is 0 Å². The summed E-state index contributed by atoms with van der Waals surface area (Å²) in [5.74, 6) is -1.03. The Kier molecular flexibility index (Phi) is 6.30. The fraction of sp³-hybridized carbons (Fsp3) is 0.565. The fourth-order valence-electron chi connectivity index (χ4n) is 5.45. The van der Waals surface area contributed by atoms with Gasteiger partial charge in [0, 0.05) is 23.1 Å². The third kappa shape index (κ3) is 3.94. The molecule has 30 heavy (non-hydrogen) atoms. The molecule has 2 saturated carbocycles. The van der Waals surface area contributed by atoms with Crippen molar-refractivity contribution in [1.29, 1.82) is 0 Å². The van der Waals surface area contributed by atoms with Crippen LogP contribution in [0.15, 0.2) is 34.8 Å². The summed E-state index contributed by atoms with van der Waals surface area (Å²) < 4.78 is 14.8. The first-order valence-electron chi connectivity index (χ1n) is 10.9. The molecule has 0 radical (unpaired) electrons. The van der Waals surface area contributed by atoms with E-state index in [2.05, 4.69) is 38.7 Å². The number of rotatable bonds is 9. The van der Waals surface area contributed by atoms with Crippen LogP contribution >= 0.6 is 15.9 Å². The summed E-state index contributed by atoms with van der Waals surface area (Å²) in [6.45, 7) is 1.40. The number of nitrogens with one attached hydrogen (secondary N) is 2. The number of unbranched alkanes of at least 4 members (excludes halogenated alkanes) is 2. The number of benzene rings is 1. The average molecular weight is 478 g/mol. The Labute approximate surface area is 185 Å². The van der Waals surface area contributed by atoms with E-state index in [-0.39, 0.29) is 53.3 Å². The predicted octanol–water partition coefficient (Wildman–Crippen LogP) is 3.28. The minimum absolute atomic E-state index is 0.0270. The largest absolute Gasteiger partial charge is 0.356 e. The van der Waals surface area contributed by atoms with Gasteiger partial charge in [-0.2, -0.15) is 0 Å². The summed E-state index contributed by atoms with van der Waals surface area (Å²) in [6, 6.07) is 4.81. The quantitative estimate of drug-likeness (QED) is 0.376. The number of hydrogen-bond acceptors (Lipinski definition) is 3. The third-order valence-electron chi connectivity index (χ3n) is 7.10. The van der Waals surface area contributed by atoms with Crippen molar-refractivity contribution in [3.8, 4) is 0 Å². The van der Waals surface area contributed by atoms with Crippen LogP contribution in [0, 0.1) is 34.9 Å². The standard InChI is InChI=1S/C23H29BrFN3O2/c24-15-5-4-14(18(25)12-15)13-28-22(30)20-17-7-6-16(23(17)8-9-23)19(20)21(29)27-11-3-1-2-10-26/h4-7,12,16-17,19-20H,1-3,8-11,13,26H2,(H,27,29)(H,28,30)/t16-,17+,19-,20-/m1/s1. The van der Waals surface area contributed by atoms with E-state index in [0.29, 0.717) is 23.1 Å². The van der Waals surface area contributed by atoms with Crippen molar-refractivity contribution in [3.63, 3.8) is 0 Å². The lowest BCUT2D eigenvalue weighted by atomic mass is 9.81. The molecule has 1 aromatic carbocycles. The molecule has 2 amide bonds. The van der Waals surface area contributed by atoms with Crippen LogP contribution < -0.4 is 16.4 Å². The van der Waals surface area contributed by atoms with Gasteiger partial charge in [0.15, 0.2) is 0 Å². The second-order valence-corrected chi connectivity index (χ2v) is 9.73. The van der Waals surface area contributed by atoms with E-state index >= 15 is 0 Å². The minimum atomic E-state index is -0.384. The molecular formula is C23H29BrFN3O2. The Morgan fingerprint density at radius 2 is 1.73 bits per heavy atom. The molecule has 1 spiro atoms. The van der Waals surface area contributed by atoms with Crippen LogP contribution in [0.3, 0.4) is 0 Å². The lowest BCUT2D eigenvalue weighted by Crippen LogP contribution is -2.44. The van der Waals surface area contributed by atoms with E-state index in [1.807, 2.05) is 0 Å². The maximum atomic E-state index is 14.1. The molecular weight excluding hydrogens is 449 g/mol. The lowest BCUT2D eigenvalue weighted by Gasteiger charge is -2.26. The Bertz CT molecular complexity index is 855. The smallest absolute Gasteiger partial charge is 0.224 e. The summed E-state index contributed by atoms with van der Waals surface area (Å²) in [5, 5.41) is 5.95. The van der Waals surface area contributed by atoms with Crippen LogP contribution in [0.25, 0.3) is 0 Å². The SMILES string of the molecule is NCCCCCNC(=O)[C@H]1[C@H](C(=O)NCc2ccc(Br)cc2F)[C@@H]2C=C[C@H]1C21CC1. The number of halogens is 2. The maximum Gasteiger partial charge on any atom is 0.224 e. The maximum absolute atomic E-state index is 14.1. The number of carbonyl (C=O) groups is 2. The van der Waals surface area contributed by atoms with E-state index in [9.17, 15) is 14.0 Å². The molecule has 0 saturated heterocycles. The highest BCUT2D eigenvalue weighted by Crippen LogP contribution is 2.72. The molecule has 162 valence electrons. The second-order valence-electron chi connectivity index (χ2n) is 8.82. The molecule has 3 aliphatic carbocycles. The minimum Gasteiger partial charge on any atom is -0.356 e. The molecule has 0 unspecified atom stereocenters. The number of hydrogen-bond donors (Lipinski definition) is 3. The van der Waals surface area contributed by atoms with Gasteiger partial charge in [0.25, 0.3) is 0 Å². The van der Waals surface area contributed by atoms with Crippen molar-refractivity contribution in [2.45, 2.75) is 38.6 Å². The number of carbonyl (C=O) groups excluding carboxylic acids is 2. The topological polar surface area (TPSA) is 84.2 Å². The first-order valence-corrected chi connectivity index (χ1v) is 11.6. The Balaban J connectivity index is 1.42. The van der Waals surface area contributed by atoms with Gasteiger partial charge < -0.3 is 16.4 Å². The van der Waals surface area contributed by atoms with Crippen molar-refractivity contribution in [2.75, 3.05) is 13.1 Å². The predicted molar refractivity (Wildman–Crippen MR) is 117 cm³/mol. The van der Waals surface area contributed by atoms with Crippen LogP contribution in [-0.4, -0.2) is 24.9 Å². The zero-order chi connectivity index (χ0) is 21.3. The highest BCUT2D eigenvalue weighted by atomic mass is 79.9. The molecule has 4 N–H and O–H groups in total. The summed E-state index contributed by atoms with van der Waals surface area (Å²) in [4.78, 5) is 26.2. The number of nitrogens with two attached hydrogens (primary N) is 1. The lowest BCUT2D eigenvalue weighted by molar-refractivity contribution is -0.135. The van der Waals surface area contributed by atoms with Crippen LogP contribution in [0.1, 0.15) is 37.7 Å². The Morgan fingerprint density at radius 3 is 2.33 bits per heavy atom. The molecule has 5 nitrogen and oxygen atoms in total. The highest BCUT2D eigenvalue weighted by Gasteiger charge is 2.69. The van der Waals surface area contributed by atoms with Crippen molar-refractivity contribution < 1.29 is 14.0 Å². The van der Waals surface area contributed by atoms with Gasteiger partial charge in [-0.05, 0) is 61.6 Å². The molecule has 1 aromatic rings. The van der Waals surface area contributed by atoms with E-state index in [1.54, 1.807) is 12.1 Å². The first-order chi connectivity index (χ1) is 14.5. The summed E-state index contributed by atoms with van der Waals surface area (Å²) in [5.41, 5.74) is 6.05. The van der Waals surface area contributed by atoms with Gasteiger partial charge in [-0.1, -0.05) is 40.6 Å². The molecule has 4 atom stereocenters. The van der Waals surface area contributed by atoms with Gasteiger partial charge in [0.1, 0.15) is 5.82 Å². The van der Waals surface area contributed by atoms with E-state index in [0.717, 1.165) is 32.1 Å². The van der Waals surface area contributed by atoms with Crippen LogP contribution in [0.5, 0.6) is 0 Å². The van der Waals surface area contributed by atoms with Gasteiger partial charge in [0.05, 0.1) is 11.8 Å². The van der Waals surface area contributed by atoms with Crippen molar-refractivity contribution in [3.05, 3.63) is 46.2 Å². The average Bonchev–Trinajstić information content (AvgIpc) is 3.39. The van der Waals surface area contributed by atoms with Crippen LogP contribution in [0.4, 0.5) is 4.39 Å². The summed E-state index contributed by atoms with van der Waals surface area (Å²) >= 11 is 3.24. The molecule has 0 aliphatic heterocycles. The number of allylic oxidation sites excluding steroid dienone is 2. The molecule has 2 fully saturated rings. The number of amides is 2. The zero-order valence-corrected chi connectivity index (χ0v) is 18.6. The highest BCUT2D eigenvalue weighted by molar-refractivity contribution is 9.10. The first kappa shape index (κ1) is 21.5. The third-order valence-corrected chi connectivity index (χ3v) is 7.59. The Morgan fingerprint density at radius 1 is 1.07 bits per heavy atom. The van der Waals surface area contributed by atoms with E-state index in [1.165, 1.54) is 6.07 Å². The van der Waals surface area contributed by atoms with Crippen LogP contribution in [0.2, 0.25) is 0 Å². The van der Waals surface area contributed by atoms with Gasteiger partial charge in [-0.25, -0.2) is 4.39 Å². The Hall–Kier alpha value is -1.73. The second kappa shape index (κ2) is 8.79. The van der Waals surface area contributed by atoms with Crippen molar-refractivity contribution in [1.82, 2.24) is 10.6 Å². The molecule has 0 aromatic heterocycles. The van der Waals surface area contributed by atoms with E-state index in [4.69, 9.17) is 5.73 Å². The van der Waals surface area contributed by atoms with Gasteiger partial charge in [-0.15, -0.1) is 0 Å². The van der Waals surface area contributed by atoms with Crippen molar-refractivity contribution in [2.24, 2.45) is 34.8 Å². The van der Waals surface area contributed by atoms with Crippen LogP contribution in [-0.2, 0) is 16.1 Å². The molecule has 2 bridgehead atoms. The fourth-order valence-corrected chi connectivity index (χ4v) is 5.78. The molecule has 3 aliphatic rings. The summed E-state index contributed by atoms with van der Waals surface area (Å²) in [6.07, 6.45) is 9.25. The molecule has 4 rings (SSSR count).